The largest absolute Gasteiger partial charge is 0.494 e. The van der Waals surface area contributed by atoms with E-state index in [0.29, 0.717) is 29.6 Å². The minimum atomic E-state index is -0.620. The highest BCUT2D eigenvalue weighted by molar-refractivity contribution is 6.35. The SMILES string of the molecule is CCCNC(=O)C(C)N(Cc1ccc(Cl)cc1Cl)C(=O)CCCOc1ccccc1. The molecule has 1 N–H and O–H groups in total. The van der Waals surface area contributed by atoms with Gasteiger partial charge in [-0.25, -0.2) is 0 Å². The Morgan fingerprint density at radius 3 is 2.53 bits per heavy atom. The van der Waals surface area contributed by atoms with Crippen LogP contribution in [0.3, 0.4) is 0 Å². The lowest BCUT2D eigenvalue weighted by Gasteiger charge is -2.29. The van der Waals surface area contributed by atoms with E-state index in [-0.39, 0.29) is 24.8 Å². The van der Waals surface area contributed by atoms with Crippen LogP contribution < -0.4 is 10.1 Å². The van der Waals surface area contributed by atoms with Gasteiger partial charge in [-0.3, -0.25) is 9.59 Å². The Hall–Kier alpha value is -2.24. The first kappa shape index (κ1) is 24.0. The van der Waals surface area contributed by atoms with E-state index in [2.05, 4.69) is 5.32 Å². The second-order valence-electron chi connectivity index (χ2n) is 6.99. The molecule has 30 heavy (non-hydrogen) atoms. The van der Waals surface area contributed by atoms with Crippen LogP contribution in [0.25, 0.3) is 0 Å². The molecular formula is C23H28Cl2N2O3. The molecule has 0 aliphatic rings. The molecule has 2 aromatic carbocycles. The molecule has 1 atom stereocenters. The van der Waals surface area contributed by atoms with E-state index in [1.165, 1.54) is 0 Å². The zero-order chi connectivity index (χ0) is 21.9. The summed E-state index contributed by atoms with van der Waals surface area (Å²) in [6, 6.07) is 14.0. The van der Waals surface area contributed by atoms with Crippen LogP contribution in [0.5, 0.6) is 5.75 Å². The van der Waals surface area contributed by atoms with Gasteiger partial charge in [0.05, 0.1) is 6.61 Å². The van der Waals surface area contributed by atoms with Crippen LogP contribution in [-0.4, -0.2) is 35.9 Å². The molecule has 162 valence electrons. The summed E-state index contributed by atoms with van der Waals surface area (Å²) in [7, 11) is 0. The molecule has 0 heterocycles. The summed E-state index contributed by atoms with van der Waals surface area (Å²) in [6.45, 7) is 4.93. The molecule has 2 amide bonds. The number of halogens is 2. The van der Waals surface area contributed by atoms with E-state index in [1.54, 1.807) is 30.0 Å². The molecule has 0 aliphatic heterocycles. The number of nitrogens with zero attached hydrogens (tertiary/aromatic N) is 1. The molecule has 0 saturated heterocycles. The molecule has 2 rings (SSSR count). The van der Waals surface area contributed by atoms with E-state index in [1.807, 2.05) is 37.3 Å². The first-order chi connectivity index (χ1) is 14.4. The van der Waals surface area contributed by atoms with Gasteiger partial charge in [0.1, 0.15) is 11.8 Å². The molecule has 0 saturated carbocycles. The van der Waals surface area contributed by atoms with Crippen molar-refractivity contribution in [3.63, 3.8) is 0 Å². The van der Waals surface area contributed by atoms with Gasteiger partial charge in [0.25, 0.3) is 0 Å². The van der Waals surface area contributed by atoms with Gasteiger partial charge >= 0.3 is 0 Å². The topological polar surface area (TPSA) is 58.6 Å². The zero-order valence-electron chi connectivity index (χ0n) is 17.4. The highest BCUT2D eigenvalue weighted by Gasteiger charge is 2.26. The molecule has 0 aliphatic carbocycles. The third kappa shape index (κ3) is 7.54. The highest BCUT2D eigenvalue weighted by atomic mass is 35.5. The Bertz CT molecular complexity index is 830. The smallest absolute Gasteiger partial charge is 0.242 e. The summed E-state index contributed by atoms with van der Waals surface area (Å²) >= 11 is 12.3. The fourth-order valence-corrected chi connectivity index (χ4v) is 3.35. The lowest BCUT2D eigenvalue weighted by Crippen LogP contribution is -2.47. The van der Waals surface area contributed by atoms with E-state index in [9.17, 15) is 9.59 Å². The standard InChI is InChI=1S/C23H28Cl2N2O3/c1-3-13-26-23(29)17(2)27(16-18-11-12-19(24)15-21(18)25)22(28)10-7-14-30-20-8-5-4-6-9-20/h4-6,8-9,11-12,15,17H,3,7,10,13-14,16H2,1-2H3,(H,26,29). The maximum Gasteiger partial charge on any atom is 0.242 e. The van der Waals surface area contributed by atoms with Crippen LogP contribution in [0.2, 0.25) is 10.0 Å². The van der Waals surface area contributed by atoms with Crippen LogP contribution in [-0.2, 0) is 16.1 Å². The van der Waals surface area contributed by atoms with Crippen LogP contribution >= 0.6 is 23.2 Å². The molecule has 0 spiro atoms. The first-order valence-electron chi connectivity index (χ1n) is 10.1. The minimum absolute atomic E-state index is 0.128. The molecule has 5 nitrogen and oxygen atoms in total. The maximum absolute atomic E-state index is 13.0. The van der Waals surface area contributed by atoms with Gasteiger partial charge in [-0.1, -0.05) is 54.4 Å². The third-order valence-corrected chi connectivity index (χ3v) is 5.21. The van der Waals surface area contributed by atoms with Crippen LogP contribution in [0.15, 0.2) is 48.5 Å². The normalized spacial score (nSPS) is 11.6. The second kappa shape index (κ2) is 12.5. The second-order valence-corrected chi connectivity index (χ2v) is 7.83. The average molecular weight is 451 g/mol. The Balaban J connectivity index is 2.03. The van der Waals surface area contributed by atoms with Crippen molar-refractivity contribution in [2.45, 2.75) is 45.7 Å². The van der Waals surface area contributed by atoms with E-state index in [4.69, 9.17) is 27.9 Å². The number of carbonyl (C=O) groups excluding carboxylic acids is 2. The van der Waals surface area contributed by atoms with Crippen LogP contribution in [0.4, 0.5) is 0 Å². The van der Waals surface area contributed by atoms with E-state index < -0.39 is 6.04 Å². The summed E-state index contributed by atoms with van der Waals surface area (Å²) in [6.07, 6.45) is 1.64. The zero-order valence-corrected chi connectivity index (χ0v) is 18.9. The Morgan fingerprint density at radius 1 is 1.13 bits per heavy atom. The van der Waals surface area contributed by atoms with Crippen LogP contribution in [0.1, 0.15) is 38.7 Å². The van der Waals surface area contributed by atoms with E-state index >= 15 is 0 Å². The van der Waals surface area contributed by atoms with Crippen molar-refractivity contribution in [1.29, 1.82) is 0 Å². The predicted octanol–water partition coefficient (Wildman–Crippen LogP) is 5.10. The fourth-order valence-electron chi connectivity index (χ4n) is 2.89. The monoisotopic (exact) mass is 450 g/mol. The van der Waals surface area contributed by atoms with Gasteiger partial charge in [-0.15, -0.1) is 0 Å². The summed E-state index contributed by atoms with van der Waals surface area (Å²) in [5, 5.41) is 3.84. The number of rotatable bonds is 11. The number of hydrogen-bond acceptors (Lipinski definition) is 3. The summed E-state index contributed by atoms with van der Waals surface area (Å²) in [4.78, 5) is 27.0. The summed E-state index contributed by atoms with van der Waals surface area (Å²) in [5.74, 6) is 0.453. The van der Waals surface area contributed by atoms with Gasteiger partial charge in [-0.05, 0) is 49.6 Å². The first-order valence-corrected chi connectivity index (χ1v) is 10.9. The molecule has 2 aromatic rings. The van der Waals surface area contributed by atoms with Gasteiger partial charge in [0, 0.05) is 29.6 Å². The van der Waals surface area contributed by atoms with Crippen molar-refractivity contribution in [3.05, 3.63) is 64.1 Å². The van der Waals surface area contributed by atoms with Crippen molar-refractivity contribution in [3.8, 4) is 5.75 Å². The highest BCUT2D eigenvalue weighted by Crippen LogP contribution is 2.23. The van der Waals surface area contributed by atoms with E-state index in [0.717, 1.165) is 17.7 Å². The molecular weight excluding hydrogens is 423 g/mol. The van der Waals surface area contributed by atoms with Gasteiger partial charge in [0.2, 0.25) is 11.8 Å². The van der Waals surface area contributed by atoms with Crippen molar-refractivity contribution in [2.24, 2.45) is 0 Å². The number of para-hydroxylation sites is 1. The number of amides is 2. The van der Waals surface area contributed by atoms with Crippen molar-refractivity contribution >= 4 is 35.0 Å². The average Bonchev–Trinajstić information content (AvgIpc) is 2.74. The summed E-state index contributed by atoms with van der Waals surface area (Å²) < 4.78 is 5.66. The fraction of sp³-hybridized carbons (Fsp3) is 0.391. The van der Waals surface area contributed by atoms with Gasteiger partial charge in [-0.2, -0.15) is 0 Å². The quantitative estimate of drug-likeness (QED) is 0.484. The van der Waals surface area contributed by atoms with Crippen molar-refractivity contribution < 1.29 is 14.3 Å². The molecule has 0 fully saturated rings. The summed E-state index contributed by atoms with van der Waals surface area (Å²) in [5.41, 5.74) is 0.741. The molecule has 0 radical (unpaired) electrons. The Kier molecular flexibility index (Phi) is 9.98. The number of benzene rings is 2. The van der Waals surface area contributed by atoms with Crippen molar-refractivity contribution in [1.82, 2.24) is 10.2 Å². The van der Waals surface area contributed by atoms with Crippen LogP contribution in [0, 0.1) is 0 Å². The maximum atomic E-state index is 13.0. The number of ether oxygens (including phenoxy) is 1. The Morgan fingerprint density at radius 2 is 1.87 bits per heavy atom. The van der Waals surface area contributed by atoms with Crippen molar-refractivity contribution in [2.75, 3.05) is 13.2 Å². The number of nitrogens with one attached hydrogen (secondary N) is 1. The number of hydrogen-bond donors (Lipinski definition) is 1. The molecule has 0 aromatic heterocycles. The predicted molar refractivity (Wildman–Crippen MR) is 121 cm³/mol. The minimum Gasteiger partial charge on any atom is -0.494 e. The lowest BCUT2D eigenvalue weighted by molar-refractivity contribution is -0.140. The van der Waals surface area contributed by atoms with Gasteiger partial charge < -0.3 is 15.0 Å². The third-order valence-electron chi connectivity index (χ3n) is 4.62. The number of carbonyl (C=O) groups is 2. The molecule has 7 heteroatoms. The molecule has 1 unspecified atom stereocenters. The lowest BCUT2D eigenvalue weighted by atomic mass is 10.1. The Labute approximate surface area is 188 Å². The molecule has 0 bridgehead atoms. The van der Waals surface area contributed by atoms with Gasteiger partial charge in [0.15, 0.2) is 0 Å².